The number of methoxy groups -OCH3 is 1. The van der Waals surface area contributed by atoms with Gasteiger partial charge in [0, 0.05) is 12.1 Å². The van der Waals surface area contributed by atoms with Crippen LogP contribution in [0.4, 0.5) is 0 Å². The summed E-state index contributed by atoms with van der Waals surface area (Å²) in [6.07, 6.45) is 8.96. The first kappa shape index (κ1) is 14.8. The van der Waals surface area contributed by atoms with Crippen molar-refractivity contribution in [1.29, 1.82) is 0 Å². The van der Waals surface area contributed by atoms with Crippen LogP contribution in [-0.4, -0.2) is 36.6 Å². The smallest absolute Gasteiger partial charge is 0.319 e. The van der Waals surface area contributed by atoms with Gasteiger partial charge in [-0.25, -0.2) is 0 Å². The normalized spacial score (nSPS) is 32.7. The molecule has 0 aromatic carbocycles. The lowest BCUT2D eigenvalue weighted by molar-refractivity contribution is -0.143. The zero-order valence-corrected chi connectivity index (χ0v) is 12.7. The van der Waals surface area contributed by atoms with Gasteiger partial charge in [0.2, 0.25) is 0 Å². The van der Waals surface area contributed by atoms with Crippen LogP contribution in [0.5, 0.6) is 0 Å². The first-order valence-electron chi connectivity index (χ1n) is 7.94. The number of esters is 1. The van der Waals surface area contributed by atoms with Gasteiger partial charge in [-0.15, -0.1) is 0 Å². The van der Waals surface area contributed by atoms with Crippen molar-refractivity contribution in [3.63, 3.8) is 0 Å². The molecule has 2 rings (SSSR count). The molecule has 2 saturated carbocycles. The summed E-state index contributed by atoms with van der Waals surface area (Å²) < 4.78 is 4.90. The molecule has 0 heterocycles. The van der Waals surface area contributed by atoms with Crippen molar-refractivity contribution in [2.24, 2.45) is 11.8 Å². The van der Waals surface area contributed by atoms with E-state index in [1.165, 1.54) is 52.1 Å². The Morgan fingerprint density at radius 3 is 2.32 bits per heavy atom. The zero-order chi connectivity index (χ0) is 13.8. The van der Waals surface area contributed by atoms with Crippen molar-refractivity contribution in [3.8, 4) is 0 Å². The summed E-state index contributed by atoms with van der Waals surface area (Å²) in [6, 6.07) is 1.21. The average Bonchev–Trinajstić information content (AvgIpc) is 2.92. The number of hydrogen-bond acceptors (Lipinski definition) is 3. The molecule has 3 heteroatoms. The molecule has 3 unspecified atom stereocenters. The minimum Gasteiger partial charge on any atom is -0.468 e. The van der Waals surface area contributed by atoms with Crippen LogP contribution in [0.1, 0.15) is 58.8 Å². The fraction of sp³-hybridized carbons (Fsp3) is 0.938. The van der Waals surface area contributed by atoms with E-state index in [4.69, 9.17) is 4.74 Å². The number of carbonyl (C=O) groups excluding carboxylic acids is 1. The largest absolute Gasteiger partial charge is 0.468 e. The lowest BCUT2D eigenvalue weighted by Crippen LogP contribution is -2.47. The molecule has 19 heavy (non-hydrogen) atoms. The van der Waals surface area contributed by atoms with Crippen molar-refractivity contribution in [3.05, 3.63) is 0 Å². The summed E-state index contributed by atoms with van der Waals surface area (Å²) in [7, 11) is 1.50. The third-order valence-electron chi connectivity index (χ3n) is 5.37. The lowest BCUT2D eigenvalue weighted by atomic mass is 9.78. The summed E-state index contributed by atoms with van der Waals surface area (Å²) >= 11 is 0. The van der Waals surface area contributed by atoms with E-state index >= 15 is 0 Å². The Morgan fingerprint density at radius 1 is 1.05 bits per heavy atom. The highest BCUT2D eigenvalue weighted by Crippen LogP contribution is 2.35. The van der Waals surface area contributed by atoms with Crippen LogP contribution >= 0.6 is 0 Å². The maximum Gasteiger partial charge on any atom is 0.319 e. The Balaban J connectivity index is 2.01. The molecule has 0 amide bonds. The van der Waals surface area contributed by atoms with Gasteiger partial charge >= 0.3 is 5.97 Å². The van der Waals surface area contributed by atoms with Gasteiger partial charge in [-0.3, -0.25) is 9.69 Å². The van der Waals surface area contributed by atoms with Crippen LogP contribution in [-0.2, 0) is 9.53 Å². The number of rotatable bonds is 4. The molecule has 2 aliphatic carbocycles. The second-order valence-corrected chi connectivity index (χ2v) is 6.61. The Morgan fingerprint density at radius 2 is 1.74 bits per heavy atom. The molecule has 0 aromatic heterocycles. The standard InChI is InChI=1S/C16H29NO2/c1-12-8-9-15(10-13(12)2)17(11-16(18)19-3)14-6-4-5-7-14/h12-15H,4-11H2,1-3H3. The van der Waals surface area contributed by atoms with Gasteiger partial charge in [-0.05, 0) is 43.9 Å². The van der Waals surface area contributed by atoms with E-state index < -0.39 is 0 Å². The summed E-state index contributed by atoms with van der Waals surface area (Å²) in [5.41, 5.74) is 0. The second kappa shape index (κ2) is 6.74. The van der Waals surface area contributed by atoms with Crippen molar-refractivity contribution < 1.29 is 9.53 Å². The summed E-state index contributed by atoms with van der Waals surface area (Å²) in [5.74, 6) is 1.54. The topological polar surface area (TPSA) is 29.5 Å². The Labute approximate surface area is 117 Å². The Hall–Kier alpha value is -0.570. The molecule has 0 bridgehead atoms. The van der Waals surface area contributed by atoms with Gasteiger partial charge in [0.15, 0.2) is 0 Å². The second-order valence-electron chi connectivity index (χ2n) is 6.61. The summed E-state index contributed by atoms with van der Waals surface area (Å²) in [4.78, 5) is 14.2. The monoisotopic (exact) mass is 267 g/mol. The molecule has 0 aromatic rings. The third-order valence-corrected chi connectivity index (χ3v) is 5.37. The van der Waals surface area contributed by atoms with Gasteiger partial charge in [0.1, 0.15) is 0 Å². The molecule has 110 valence electrons. The Kier molecular flexibility index (Phi) is 5.26. The van der Waals surface area contributed by atoms with E-state index in [1.807, 2.05) is 0 Å². The highest BCUT2D eigenvalue weighted by molar-refractivity contribution is 5.71. The summed E-state index contributed by atoms with van der Waals surface area (Å²) in [5, 5.41) is 0. The van der Waals surface area contributed by atoms with Crippen molar-refractivity contribution in [1.82, 2.24) is 4.90 Å². The zero-order valence-electron chi connectivity index (χ0n) is 12.7. The Bertz CT molecular complexity index is 299. The fourth-order valence-electron chi connectivity index (χ4n) is 3.83. The molecule has 0 aliphatic heterocycles. The molecule has 0 saturated heterocycles. The lowest BCUT2D eigenvalue weighted by Gasteiger charge is -2.41. The van der Waals surface area contributed by atoms with Crippen LogP contribution in [0.2, 0.25) is 0 Å². The number of ether oxygens (including phenoxy) is 1. The molecule has 0 spiro atoms. The van der Waals surface area contributed by atoms with E-state index in [1.54, 1.807) is 0 Å². The molecule has 3 atom stereocenters. The van der Waals surface area contributed by atoms with Gasteiger partial charge in [-0.2, -0.15) is 0 Å². The van der Waals surface area contributed by atoms with Crippen molar-refractivity contribution in [2.75, 3.05) is 13.7 Å². The molecule has 3 nitrogen and oxygen atoms in total. The summed E-state index contributed by atoms with van der Waals surface area (Å²) in [6.45, 7) is 5.22. The quantitative estimate of drug-likeness (QED) is 0.732. The SMILES string of the molecule is COC(=O)CN(C1CCCC1)C1CCC(C)C(C)C1. The van der Waals surface area contributed by atoms with E-state index in [0.29, 0.717) is 18.6 Å². The number of carbonyl (C=O) groups is 1. The van der Waals surface area contributed by atoms with Crippen molar-refractivity contribution in [2.45, 2.75) is 70.9 Å². The molecular formula is C16H29NO2. The first-order valence-corrected chi connectivity index (χ1v) is 7.94. The van der Waals surface area contributed by atoms with Crippen LogP contribution < -0.4 is 0 Å². The maximum atomic E-state index is 11.7. The molecule has 0 N–H and O–H groups in total. The third kappa shape index (κ3) is 3.71. The minimum atomic E-state index is -0.0711. The number of nitrogens with zero attached hydrogens (tertiary/aromatic N) is 1. The molecular weight excluding hydrogens is 238 g/mol. The van der Waals surface area contributed by atoms with E-state index in [9.17, 15) is 4.79 Å². The molecule has 2 fully saturated rings. The van der Waals surface area contributed by atoms with Crippen LogP contribution in [0, 0.1) is 11.8 Å². The van der Waals surface area contributed by atoms with E-state index in [0.717, 1.165) is 11.8 Å². The maximum absolute atomic E-state index is 11.7. The van der Waals surface area contributed by atoms with E-state index in [2.05, 4.69) is 18.7 Å². The number of hydrogen-bond donors (Lipinski definition) is 0. The molecule has 2 aliphatic rings. The fourth-order valence-corrected chi connectivity index (χ4v) is 3.83. The van der Waals surface area contributed by atoms with Gasteiger partial charge in [-0.1, -0.05) is 26.7 Å². The van der Waals surface area contributed by atoms with Crippen LogP contribution in [0.25, 0.3) is 0 Å². The predicted molar refractivity (Wildman–Crippen MR) is 76.9 cm³/mol. The van der Waals surface area contributed by atoms with Crippen LogP contribution in [0.3, 0.4) is 0 Å². The van der Waals surface area contributed by atoms with E-state index in [-0.39, 0.29) is 5.97 Å². The predicted octanol–water partition coefficient (Wildman–Crippen LogP) is 3.23. The van der Waals surface area contributed by atoms with Gasteiger partial charge in [0.25, 0.3) is 0 Å². The highest BCUT2D eigenvalue weighted by atomic mass is 16.5. The van der Waals surface area contributed by atoms with Gasteiger partial charge < -0.3 is 4.74 Å². The van der Waals surface area contributed by atoms with Gasteiger partial charge in [0.05, 0.1) is 13.7 Å². The minimum absolute atomic E-state index is 0.0711. The van der Waals surface area contributed by atoms with Crippen molar-refractivity contribution >= 4 is 5.97 Å². The van der Waals surface area contributed by atoms with Crippen LogP contribution in [0.15, 0.2) is 0 Å². The molecule has 0 radical (unpaired) electrons. The average molecular weight is 267 g/mol. The first-order chi connectivity index (χ1) is 9.11. The highest BCUT2D eigenvalue weighted by Gasteiger charge is 2.34.